The Hall–Kier alpha value is -0.0651. The predicted octanol–water partition coefficient (Wildman–Crippen LogP) is 0.923. The molecule has 0 radical (unpaired) electrons. The van der Waals surface area contributed by atoms with E-state index in [1.165, 1.54) is 5.56 Å². The van der Waals surface area contributed by atoms with Gasteiger partial charge in [0.15, 0.2) is 0 Å². The maximum absolute atomic E-state index is 8.92. The summed E-state index contributed by atoms with van der Waals surface area (Å²) in [7, 11) is -1.36. The molecule has 0 spiro atoms. The molecule has 0 aliphatic rings. The molecular weight excluding hydrogens is 278 g/mol. The van der Waals surface area contributed by atoms with Crippen molar-refractivity contribution < 1.29 is 10.0 Å². The van der Waals surface area contributed by atoms with Gasteiger partial charge in [-0.1, -0.05) is 25.5 Å². The fourth-order valence-corrected chi connectivity index (χ4v) is 2.01. The van der Waals surface area contributed by atoms with Crippen molar-refractivity contribution >= 4 is 35.2 Å². The molecule has 70 valence electrons. The van der Waals surface area contributed by atoms with Gasteiger partial charge in [-0.05, 0) is 46.1 Å². The van der Waals surface area contributed by atoms with E-state index in [2.05, 4.69) is 29.5 Å². The molecule has 13 heavy (non-hydrogen) atoms. The zero-order valence-electron chi connectivity index (χ0n) is 7.50. The third-order valence-electron chi connectivity index (χ3n) is 1.89. The van der Waals surface area contributed by atoms with E-state index in [1.807, 2.05) is 12.1 Å². The van der Waals surface area contributed by atoms with Crippen LogP contribution in [0.5, 0.6) is 0 Å². The molecule has 0 heterocycles. The SMILES string of the molecule is CCCc1ccc(B(O)O)cc1I. The summed E-state index contributed by atoms with van der Waals surface area (Å²) in [6, 6.07) is 5.54. The van der Waals surface area contributed by atoms with E-state index >= 15 is 0 Å². The minimum atomic E-state index is -1.36. The lowest BCUT2D eigenvalue weighted by Gasteiger charge is -2.05. The van der Waals surface area contributed by atoms with Crippen LogP contribution in [0.1, 0.15) is 18.9 Å². The first-order valence-corrected chi connectivity index (χ1v) is 5.37. The summed E-state index contributed by atoms with van der Waals surface area (Å²) in [5, 5.41) is 17.8. The number of benzene rings is 1. The molecule has 0 saturated heterocycles. The van der Waals surface area contributed by atoms with Gasteiger partial charge in [0, 0.05) is 3.57 Å². The van der Waals surface area contributed by atoms with Crippen molar-refractivity contribution in [1.82, 2.24) is 0 Å². The molecule has 0 unspecified atom stereocenters. The summed E-state index contributed by atoms with van der Waals surface area (Å²) in [5.74, 6) is 0. The van der Waals surface area contributed by atoms with Gasteiger partial charge in [0.1, 0.15) is 0 Å². The number of hydrogen-bond acceptors (Lipinski definition) is 2. The van der Waals surface area contributed by atoms with Gasteiger partial charge in [0.2, 0.25) is 0 Å². The summed E-state index contributed by atoms with van der Waals surface area (Å²) >= 11 is 2.22. The molecule has 0 bridgehead atoms. The van der Waals surface area contributed by atoms with Gasteiger partial charge in [0.25, 0.3) is 0 Å². The van der Waals surface area contributed by atoms with Crippen molar-refractivity contribution in [2.45, 2.75) is 19.8 Å². The molecular formula is C9H12BIO2. The Morgan fingerprint density at radius 3 is 2.54 bits per heavy atom. The van der Waals surface area contributed by atoms with E-state index in [1.54, 1.807) is 6.07 Å². The van der Waals surface area contributed by atoms with Crippen molar-refractivity contribution in [3.63, 3.8) is 0 Å². The second-order valence-electron chi connectivity index (χ2n) is 2.97. The molecule has 4 heteroatoms. The van der Waals surface area contributed by atoms with E-state index in [4.69, 9.17) is 10.0 Å². The van der Waals surface area contributed by atoms with E-state index in [0.29, 0.717) is 5.46 Å². The molecule has 1 aromatic rings. The zero-order valence-corrected chi connectivity index (χ0v) is 9.65. The van der Waals surface area contributed by atoms with Crippen LogP contribution in [0, 0.1) is 3.57 Å². The number of hydrogen-bond donors (Lipinski definition) is 2. The van der Waals surface area contributed by atoms with Gasteiger partial charge in [-0.25, -0.2) is 0 Å². The third kappa shape index (κ3) is 2.96. The van der Waals surface area contributed by atoms with Crippen LogP contribution in [0.25, 0.3) is 0 Å². The van der Waals surface area contributed by atoms with Gasteiger partial charge in [-0.3, -0.25) is 0 Å². The molecule has 0 amide bonds. The third-order valence-corrected chi connectivity index (χ3v) is 2.90. The first-order valence-electron chi connectivity index (χ1n) is 4.29. The van der Waals surface area contributed by atoms with E-state index in [-0.39, 0.29) is 0 Å². The molecule has 2 N–H and O–H groups in total. The van der Waals surface area contributed by atoms with Crippen molar-refractivity contribution in [3.05, 3.63) is 27.3 Å². The fourth-order valence-electron chi connectivity index (χ4n) is 1.20. The van der Waals surface area contributed by atoms with Crippen molar-refractivity contribution in [3.8, 4) is 0 Å². The van der Waals surface area contributed by atoms with Gasteiger partial charge in [-0.2, -0.15) is 0 Å². The van der Waals surface area contributed by atoms with Crippen LogP contribution in [0.3, 0.4) is 0 Å². The van der Waals surface area contributed by atoms with E-state index in [9.17, 15) is 0 Å². The van der Waals surface area contributed by atoms with Crippen LogP contribution < -0.4 is 5.46 Å². The molecule has 0 saturated carbocycles. The lowest BCUT2D eigenvalue weighted by atomic mass is 9.80. The molecule has 1 aromatic carbocycles. The Bertz CT molecular complexity index is 289. The van der Waals surface area contributed by atoms with Crippen molar-refractivity contribution in [1.29, 1.82) is 0 Å². The topological polar surface area (TPSA) is 40.5 Å². The smallest absolute Gasteiger partial charge is 0.423 e. The maximum atomic E-state index is 8.92. The summed E-state index contributed by atoms with van der Waals surface area (Å²) in [5.41, 5.74) is 1.83. The molecule has 0 aliphatic carbocycles. The van der Waals surface area contributed by atoms with Crippen molar-refractivity contribution in [2.75, 3.05) is 0 Å². The summed E-state index contributed by atoms with van der Waals surface area (Å²) in [6.07, 6.45) is 2.15. The van der Waals surface area contributed by atoms with Crippen LogP contribution in [0.2, 0.25) is 0 Å². The van der Waals surface area contributed by atoms with Gasteiger partial charge < -0.3 is 10.0 Å². The number of aryl methyl sites for hydroxylation is 1. The van der Waals surface area contributed by atoms with Crippen molar-refractivity contribution in [2.24, 2.45) is 0 Å². The Kier molecular flexibility index (Phi) is 4.22. The highest BCUT2D eigenvalue weighted by Crippen LogP contribution is 2.12. The van der Waals surface area contributed by atoms with Crippen LogP contribution >= 0.6 is 22.6 Å². The van der Waals surface area contributed by atoms with Gasteiger partial charge in [0.05, 0.1) is 0 Å². The molecule has 0 aromatic heterocycles. The first-order chi connectivity index (χ1) is 6.15. The first kappa shape index (κ1) is 11.0. The standard InChI is InChI=1S/C9H12BIO2/c1-2-3-7-4-5-8(10(12)13)6-9(7)11/h4-6,12-13H,2-3H2,1H3. The predicted molar refractivity (Wildman–Crippen MR) is 63.0 cm³/mol. The summed E-state index contributed by atoms with van der Waals surface area (Å²) < 4.78 is 1.10. The van der Waals surface area contributed by atoms with Crippen LogP contribution in [-0.4, -0.2) is 17.2 Å². The van der Waals surface area contributed by atoms with Gasteiger partial charge in [-0.15, -0.1) is 0 Å². The maximum Gasteiger partial charge on any atom is 0.488 e. The largest absolute Gasteiger partial charge is 0.488 e. The van der Waals surface area contributed by atoms with Crippen LogP contribution in [0.15, 0.2) is 18.2 Å². The Balaban J connectivity index is 2.92. The van der Waals surface area contributed by atoms with Crippen LogP contribution in [-0.2, 0) is 6.42 Å². The average Bonchev–Trinajstić information content (AvgIpc) is 2.08. The summed E-state index contributed by atoms with van der Waals surface area (Å²) in [4.78, 5) is 0. The molecule has 1 rings (SSSR count). The Labute approximate surface area is 92.3 Å². The highest BCUT2D eigenvalue weighted by atomic mass is 127. The summed E-state index contributed by atoms with van der Waals surface area (Å²) in [6.45, 7) is 2.13. The highest BCUT2D eigenvalue weighted by molar-refractivity contribution is 14.1. The van der Waals surface area contributed by atoms with E-state index < -0.39 is 7.12 Å². The molecule has 0 atom stereocenters. The normalized spacial score (nSPS) is 10.2. The average molecular weight is 290 g/mol. The number of rotatable bonds is 3. The quantitative estimate of drug-likeness (QED) is 0.642. The molecule has 0 aliphatic heterocycles. The monoisotopic (exact) mass is 290 g/mol. The fraction of sp³-hybridized carbons (Fsp3) is 0.333. The van der Waals surface area contributed by atoms with Crippen LogP contribution in [0.4, 0.5) is 0 Å². The van der Waals surface area contributed by atoms with Gasteiger partial charge >= 0.3 is 7.12 Å². The Morgan fingerprint density at radius 1 is 1.38 bits per heavy atom. The Morgan fingerprint density at radius 2 is 2.08 bits per heavy atom. The molecule has 2 nitrogen and oxygen atoms in total. The lowest BCUT2D eigenvalue weighted by Crippen LogP contribution is -2.30. The minimum absolute atomic E-state index is 0.559. The minimum Gasteiger partial charge on any atom is -0.423 e. The number of halogens is 1. The highest BCUT2D eigenvalue weighted by Gasteiger charge is 2.11. The second kappa shape index (κ2) is 4.98. The second-order valence-corrected chi connectivity index (χ2v) is 4.14. The zero-order chi connectivity index (χ0) is 9.84. The lowest BCUT2D eigenvalue weighted by molar-refractivity contribution is 0.425. The van der Waals surface area contributed by atoms with E-state index in [0.717, 1.165) is 16.4 Å². The molecule has 0 fully saturated rings.